The fourth-order valence-corrected chi connectivity index (χ4v) is 6.52. The van der Waals surface area contributed by atoms with E-state index in [9.17, 15) is 18.4 Å². The Balaban J connectivity index is 1.07. The molecule has 2 saturated carbocycles. The molecule has 2 aliphatic heterocycles. The standard InChI is InChI=1S/C25H22F3N5O3/c26-15-2-1-3-18-21(15)24(6-14(7-24)36-19-5-4-16-17(30-19)8-29-31-16)22(35)33(18)9-20(34)32-12-23(13-32)10-25(27,28)11-23/h1-5,8,14H,6-7,9-13H2,(H,29,31). The second kappa shape index (κ2) is 6.98. The van der Waals surface area contributed by atoms with Crippen LogP contribution < -0.4 is 9.64 Å². The predicted molar refractivity (Wildman–Crippen MR) is 121 cm³/mol. The van der Waals surface area contributed by atoms with Crippen molar-refractivity contribution in [1.82, 2.24) is 20.1 Å². The van der Waals surface area contributed by atoms with Crippen molar-refractivity contribution in [3.8, 4) is 5.88 Å². The number of H-pyrrole nitrogens is 1. The second-order valence-corrected chi connectivity index (χ2v) is 10.7. The van der Waals surface area contributed by atoms with E-state index in [1.807, 2.05) is 0 Å². The number of anilines is 1. The van der Waals surface area contributed by atoms with Gasteiger partial charge in [0.15, 0.2) is 0 Å². The van der Waals surface area contributed by atoms with Crippen molar-refractivity contribution in [2.75, 3.05) is 24.5 Å². The van der Waals surface area contributed by atoms with Crippen LogP contribution in [0.2, 0.25) is 0 Å². The maximum absolute atomic E-state index is 15.0. The van der Waals surface area contributed by atoms with Gasteiger partial charge in [0.2, 0.25) is 23.6 Å². The number of ether oxygens (including phenoxy) is 1. The van der Waals surface area contributed by atoms with E-state index in [0.717, 1.165) is 5.52 Å². The van der Waals surface area contributed by atoms with Crippen molar-refractivity contribution in [2.24, 2.45) is 5.41 Å². The molecule has 8 nitrogen and oxygen atoms in total. The molecule has 2 aromatic heterocycles. The number of halogens is 3. The summed E-state index contributed by atoms with van der Waals surface area (Å²) in [7, 11) is 0. The number of hydrogen-bond acceptors (Lipinski definition) is 5. The highest BCUT2D eigenvalue weighted by atomic mass is 19.3. The monoisotopic (exact) mass is 497 g/mol. The lowest BCUT2D eigenvalue weighted by molar-refractivity contribution is -0.214. The molecule has 2 spiro atoms. The summed E-state index contributed by atoms with van der Waals surface area (Å²) < 4.78 is 47.6. The average molecular weight is 497 g/mol. The molecule has 2 amide bonds. The number of pyridine rings is 1. The molecule has 4 heterocycles. The molecular formula is C25H22F3N5O3. The zero-order valence-corrected chi connectivity index (χ0v) is 19.1. The number of nitrogens with one attached hydrogen (secondary N) is 1. The van der Waals surface area contributed by atoms with Crippen LogP contribution in [-0.4, -0.2) is 63.6 Å². The first-order valence-electron chi connectivity index (χ1n) is 11.9. The smallest absolute Gasteiger partial charge is 0.249 e. The average Bonchev–Trinajstić information content (AvgIpc) is 3.32. The van der Waals surface area contributed by atoms with Crippen LogP contribution in [0, 0.1) is 11.2 Å². The van der Waals surface area contributed by atoms with Gasteiger partial charge in [-0.05, 0) is 18.2 Å². The predicted octanol–water partition coefficient (Wildman–Crippen LogP) is 3.18. The largest absolute Gasteiger partial charge is 0.474 e. The minimum Gasteiger partial charge on any atom is -0.474 e. The first-order chi connectivity index (χ1) is 17.2. The molecular weight excluding hydrogens is 475 g/mol. The van der Waals surface area contributed by atoms with E-state index >= 15 is 4.39 Å². The molecule has 0 atom stereocenters. The lowest BCUT2D eigenvalue weighted by atomic mass is 9.61. The Bertz CT molecular complexity index is 1420. The summed E-state index contributed by atoms with van der Waals surface area (Å²) >= 11 is 0. The minimum absolute atomic E-state index is 0.201. The number of likely N-dealkylation sites (tertiary alicyclic amines) is 1. The van der Waals surface area contributed by atoms with Crippen LogP contribution in [0.25, 0.3) is 11.0 Å². The van der Waals surface area contributed by atoms with Gasteiger partial charge in [-0.15, -0.1) is 0 Å². The quantitative estimate of drug-likeness (QED) is 0.598. The van der Waals surface area contributed by atoms with Gasteiger partial charge in [-0.1, -0.05) is 6.07 Å². The van der Waals surface area contributed by atoms with Crippen LogP contribution in [0.5, 0.6) is 5.88 Å². The summed E-state index contributed by atoms with van der Waals surface area (Å²) in [6.45, 7) is 0.302. The van der Waals surface area contributed by atoms with E-state index in [2.05, 4.69) is 15.2 Å². The molecule has 2 aliphatic carbocycles. The summed E-state index contributed by atoms with van der Waals surface area (Å²) in [5, 5.41) is 6.75. The summed E-state index contributed by atoms with van der Waals surface area (Å²) in [6.07, 6.45) is 1.36. The van der Waals surface area contributed by atoms with Crippen molar-refractivity contribution >= 4 is 28.5 Å². The third-order valence-corrected chi connectivity index (χ3v) is 8.09. The molecule has 7 rings (SSSR count). The van der Waals surface area contributed by atoms with E-state index in [1.54, 1.807) is 24.4 Å². The molecule has 0 unspecified atom stereocenters. The molecule has 36 heavy (non-hydrogen) atoms. The van der Waals surface area contributed by atoms with Crippen molar-refractivity contribution in [2.45, 2.75) is 43.1 Å². The van der Waals surface area contributed by atoms with Crippen molar-refractivity contribution in [3.63, 3.8) is 0 Å². The van der Waals surface area contributed by atoms with E-state index in [-0.39, 0.29) is 63.2 Å². The van der Waals surface area contributed by atoms with Gasteiger partial charge in [0.1, 0.15) is 24.0 Å². The Hall–Kier alpha value is -3.63. The van der Waals surface area contributed by atoms with Crippen LogP contribution in [0.1, 0.15) is 31.2 Å². The summed E-state index contributed by atoms with van der Waals surface area (Å²) in [6, 6.07) is 7.98. The summed E-state index contributed by atoms with van der Waals surface area (Å²) in [5.74, 6) is -3.40. The van der Waals surface area contributed by atoms with Crippen molar-refractivity contribution in [3.05, 3.63) is 47.9 Å². The van der Waals surface area contributed by atoms with Gasteiger partial charge < -0.3 is 14.5 Å². The summed E-state index contributed by atoms with van der Waals surface area (Å²) in [4.78, 5) is 33.8. The number of carbonyl (C=O) groups excluding carboxylic acids is 2. The van der Waals surface area contributed by atoms with Crippen LogP contribution in [0.15, 0.2) is 36.5 Å². The van der Waals surface area contributed by atoms with Gasteiger partial charge in [0.25, 0.3) is 0 Å². The topological polar surface area (TPSA) is 91.4 Å². The maximum Gasteiger partial charge on any atom is 0.249 e. The molecule has 1 N–H and O–H groups in total. The molecule has 3 aromatic rings. The number of alkyl halides is 2. The number of fused-ring (bicyclic) bond motifs is 3. The van der Waals surface area contributed by atoms with E-state index in [4.69, 9.17) is 4.74 Å². The highest BCUT2D eigenvalue weighted by molar-refractivity contribution is 6.11. The number of nitrogens with zero attached hydrogens (tertiary/aromatic N) is 4. The Morgan fingerprint density at radius 3 is 2.69 bits per heavy atom. The van der Waals surface area contributed by atoms with Crippen molar-refractivity contribution < 1.29 is 27.5 Å². The minimum atomic E-state index is -2.65. The Morgan fingerprint density at radius 1 is 1.17 bits per heavy atom. The fourth-order valence-electron chi connectivity index (χ4n) is 6.52. The molecule has 1 saturated heterocycles. The molecule has 0 radical (unpaired) electrons. The van der Waals surface area contributed by atoms with Gasteiger partial charge in [-0.3, -0.25) is 14.7 Å². The van der Waals surface area contributed by atoms with Crippen LogP contribution in [-0.2, 0) is 15.0 Å². The Morgan fingerprint density at radius 2 is 1.94 bits per heavy atom. The maximum atomic E-state index is 15.0. The van der Waals surface area contributed by atoms with Gasteiger partial charge in [0, 0.05) is 55.8 Å². The van der Waals surface area contributed by atoms with E-state index in [1.165, 1.54) is 21.9 Å². The van der Waals surface area contributed by atoms with E-state index < -0.39 is 22.6 Å². The number of rotatable bonds is 4. The third kappa shape index (κ3) is 3.00. The van der Waals surface area contributed by atoms with Crippen molar-refractivity contribution in [1.29, 1.82) is 0 Å². The Labute approximate surface area is 203 Å². The SMILES string of the molecule is O=C(CN1C(=O)C2(CC(Oc3ccc4[nH]ncc4n3)C2)c2c(F)cccc21)N1CC2(C1)CC(F)(F)C2. The van der Waals surface area contributed by atoms with Gasteiger partial charge in [-0.25, -0.2) is 18.2 Å². The van der Waals surface area contributed by atoms with E-state index in [0.29, 0.717) is 22.6 Å². The zero-order chi connectivity index (χ0) is 24.9. The number of benzene rings is 1. The molecule has 4 aliphatic rings. The second-order valence-electron chi connectivity index (χ2n) is 10.7. The van der Waals surface area contributed by atoms with Crippen LogP contribution >= 0.6 is 0 Å². The molecule has 3 fully saturated rings. The highest BCUT2D eigenvalue weighted by Gasteiger charge is 2.64. The lowest BCUT2D eigenvalue weighted by Crippen LogP contribution is -2.68. The third-order valence-electron chi connectivity index (χ3n) is 8.09. The number of hydrogen-bond donors (Lipinski definition) is 1. The lowest BCUT2D eigenvalue weighted by Gasteiger charge is -2.58. The normalized spacial score (nSPS) is 22.9. The molecule has 1 aromatic carbocycles. The van der Waals surface area contributed by atoms with Crippen LogP contribution in [0.3, 0.4) is 0 Å². The number of aromatic nitrogens is 3. The first-order valence-corrected chi connectivity index (χ1v) is 11.9. The highest BCUT2D eigenvalue weighted by Crippen LogP contribution is 2.57. The van der Waals surface area contributed by atoms with Crippen LogP contribution in [0.4, 0.5) is 18.9 Å². The first kappa shape index (κ1) is 21.6. The Kier molecular flexibility index (Phi) is 4.20. The number of aromatic amines is 1. The summed E-state index contributed by atoms with van der Waals surface area (Å²) in [5.41, 5.74) is 0.504. The molecule has 186 valence electrons. The molecule has 0 bridgehead atoms. The van der Waals surface area contributed by atoms with Gasteiger partial charge in [-0.2, -0.15) is 5.10 Å². The number of carbonyl (C=O) groups is 2. The van der Waals surface area contributed by atoms with Gasteiger partial charge >= 0.3 is 0 Å². The van der Waals surface area contributed by atoms with Gasteiger partial charge in [0.05, 0.1) is 22.8 Å². The zero-order valence-electron chi connectivity index (χ0n) is 19.1. The fraction of sp³-hybridized carbons (Fsp3) is 0.440. The number of amides is 2. The molecule has 11 heteroatoms.